The third-order valence-corrected chi connectivity index (χ3v) is 5.26. The molecule has 8 nitrogen and oxygen atoms in total. The predicted molar refractivity (Wildman–Crippen MR) is 129 cm³/mol. The van der Waals surface area contributed by atoms with Crippen molar-refractivity contribution >= 4 is 29.4 Å². The number of ether oxygens (including phenoxy) is 3. The molecule has 0 bridgehead atoms. The Kier molecular flexibility index (Phi) is 7.99. The average molecular weight is 475 g/mol. The van der Waals surface area contributed by atoms with Crippen molar-refractivity contribution in [2.45, 2.75) is 20.0 Å². The SMILES string of the molecule is COC(=O)C1=C(C(=O)OC)N(c2ccc(C(=O)OC(C)C(=O)c3ccc(C)cc3)cc2)C=CC=C1. The summed E-state index contributed by atoms with van der Waals surface area (Å²) in [5.74, 6) is -2.42. The summed E-state index contributed by atoms with van der Waals surface area (Å²) in [4.78, 5) is 51.4. The Morgan fingerprint density at radius 1 is 0.771 bits per heavy atom. The van der Waals surface area contributed by atoms with Crippen LogP contribution in [0.2, 0.25) is 0 Å². The predicted octanol–water partition coefficient (Wildman–Crippen LogP) is 3.91. The monoisotopic (exact) mass is 475 g/mol. The summed E-state index contributed by atoms with van der Waals surface area (Å²) in [6.45, 7) is 3.44. The van der Waals surface area contributed by atoms with Gasteiger partial charge in [-0.1, -0.05) is 35.9 Å². The van der Waals surface area contributed by atoms with Crippen molar-refractivity contribution in [2.75, 3.05) is 19.1 Å². The molecule has 0 radical (unpaired) electrons. The molecule has 1 atom stereocenters. The number of benzene rings is 2. The van der Waals surface area contributed by atoms with Crippen LogP contribution in [0.3, 0.4) is 0 Å². The largest absolute Gasteiger partial charge is 0.465 e. The molecule has 1 aliphatic rings. The Morgan fingerprint density at radius 2 is 1.37 bits per heavy atom. The van der Waals surface area contributed by atoms with E-state index in [0.29, 0.717) is 11.3 Å². The fourth-order valence-electron chi connectivity index (χ4n) is 3.36. The maximum atomic E-state index is 12.6. The van der Waals surface area contributed by atoms with Gasteiger partial charge in [0.1, 0.15) is 5.70 Å². The summed E-state index contributed by atoms with van der Waals surface area (Å²) >= 11 is 0. The lowest BCUT2D eigenvalue weighted by molar-refractivity contribution is -0.139. The molecule has 2 aromatic carbocycles. The zero-order valence-electron chi connectivity index (χ0n) is 19.8. The Bertz CT molecular complexity index is 1220. The van der Waals surface area contributed by atoms with Gasteiger partial charge in [0.05, 0.1) is 25.4 Å². The molecule has 180 valence electrons. The van der Waals surface area contributed by atoms with Crippen LogP contribution in [0.4, 0.5) is 5.69 Å². The van der Waals surface area contributed by atoms with Crippen LogP contribution in [0, 0.1) is 6.92 Å². The van der Waals surface area contributed by atoms with Gasteiger partial charge in [0.15, 0.2) is 6.10 Å². The van der Waals surface area contributed by atoms with E-state index in [4.69, 9.17) is 14.2 Å². The van der Waals surface area contributed by atoms with Crippen LogP contribution < -0.4 is 4.90 Å². The highest BCUT2D eigenvalue weighted by atomic mass is 16.5. The molecule has 8 heteroatoms. The molecule has 0 N–H and O–H groups in total. The molecule has 1 heterocycles. The maximum absolute atomic E-state index is 12.6. The first-order valence-electron chi connectivity index (χ1n) is 10.7. The van der Waals surface area contributed by atoms with E-state index < -0.39 is 24.0 Å². The number of allylic oxidation sites excluding steroid dienone is 2. The average Bonchev–Trinajstić information content (AvgIpc) is 3.11. The third kappa shape index (κ3) is 5.73. The van der Waals surface area contributed by atoms with Crippen LogP contribution in [0.15, 0.2) is 84.2 Å². The number of Topliss-reactive ketones (excluding diaryl/α,β-unsaturated/α-hetero) is 1. The van der Waals surface area contributed by atoms with Gasteiger partial charge in [0, 0.05) is 17.5 Å². The Morgan fingerprint density at radius 3 is 1.97 bits per heavy atom. The van der Waals surface area contributed by atoms with Crippen LogP contribution in [-0.2, 0) is 23.8 Å². The second-order valence-electron chi connectivity index (χ2n) is 7.64. The maximum Gasteiger partial charge on any atom is 0.355 e. The van der Waals surface area contributed by atoms with Crippen LogP contribution in [0.1, 0.15) is 33.2 Å². The lowest BCUT2D eigenvalue weighted by atomic mass is 10.1. The number of anilines is 1. The second kappa shape index (κ2) is 11.1. The number of esters is 3. The van der Waals surface area contributed by atoms with Crippen molar-refractivity contribution in [3.63, 3.8) is 0 Å². The van der Waals surface area contributed by atoms with Gasteiger partial charge in [0.25, 0.3) is 0 Å². The molecule has 1 unspecified atom stereocenters. The van der Waals surface area contributed by atoms with Crippen LogP contribution >= 0.6 is 0 Å². The van der Waals surface area contributed by atoms with Crippen molar-refractivity contribution in [1.82, 2.24) is 0 Å². The number of carbonyl (C=O) groups excluding carboxylic acids is 4. The molecule has 3 rings (SSSR count). The minimum atomic E-state index is -0.971. The van der Waals surface area contributed by atoms with E-state index in [1.165, 1.54) is 44.3 Å². The summed E-state index contributed by atoms with van der Waals surface area (Å²) in [7, 11) is 2.42. The van der Waals surface area contributed by atoms with E-state index >= 15 is 0 Å². The molecular formula is C27H25NO7. The summed E-state index contributed by atoms with van der Waals surface area (Å²) in [6, 6.07) is 13.2. The van der Waals surface area contributed by atoms with Gasteiger partial charge in [-0.2, -0.15) is 0 Å². The summed E-state index contributed by atoms with van der Waals surface area (Å²) < 4.78 is 15.0. The number of hydrogen-bond acceptors (Lipinski definition) is 8. The molecule has 0 aromatic heterocycles. The quantitative estimate of drug-likeness (QED) is 0.338. The van der Waals surface area contributed by atoms with E-state index in [2.05, 4.69) is 0 Å². The first-order chi connectivity index (χ1) is 16.8. The first-order valence-corrected chi connectivity index (χ1v) is 10.7. The van der Waals surface area contributed by atoms with Gasteiger partial charge in [-0.05, 0) is 50.3 Å². The molecule has 0 aliphatic carbocycles. The van der Waals surface area contributed by atoms with Gasteiger partial charge in [-0.15, -0.1) is 0 Å². The topological polar surface area (TPSA) is 99.2 Å². The number of ketones is 1. The molecule has 0 saturated heterocycles. The molecule has 0 amide bonds. The van der Waals surface area contributed by atoms with E-state index in [1.807, 2.05) is 19.1 Å². The first kappa shape index (κ1) is 25.2. The minimum Gasteiger partial charge on any atom is -0.465 e. The Balaban J connectivity index is 1.82. The number of hydrogen-bond donors (Lipinski definition) is 0. The molecule has 0 saturated carbocycles. The van der Waals surface area contributed by atoms with E-state index in [-0.39, 0.29) is 22.6 Å². The van der Waals surface area contributed by atoms with Crippen molar-refractivity contribution < 1.29 is 33.4 Å². The lowest BCUT2D eigenvalue weighted by Gasteiger charge is -2.23. The standard InChI is InChI=1S/C27H25NO7/c1-17-8-10-19(11-9-17)24(29)18(2)35-25(30)20-12-14-21(15-13-20)28-16-6-5-7-22(26(31)33-3)23(28)27(32)34-4/h5-16,18H,1-4H3. The zero-order valence-corrected chi connectivity index (χ0v) is 19.8. The number of methoxy groups -OCH3 is 2. The van der Waals surface area contributed by atoms with Crippen molar-refractivity contribution in [3.8, 4) is 0 Å². The normalized spacial score (nSPS) is 13.7. The summed E-state index contributed by atoms with van der Waals surface area (Å²) in [5.41, 5.74) is 2.13. The Labute approximate surface area is 203 Å². The molecule has 0 spiro atoms. The van der Waals surface area contributed by atoms with Crippen molar-refractivity contribution in [3.05, 3.63) is 101 Å². The smallest absolute Gasteiger partial charge is 0.355 e. The fourth-order valence-corrected chi connectivity index (χ4v) is 3.36. The van der Waals surface area contributed by atoms with Gasteiger partial charge >= 0.3 is 17.9 Å². The highest BCUT2D eigenvalue weighted by molar-refractivity contribution is 6.05. The van der Waals surface area contributed by atoms with Crippen LogP contribution in [0.25, 0.3) is 0 Å². The highest BCUT2D eigenvalue weighted by Crippen LogP contribution is 2.27. The highest BCUT2D eigenvalue weighted by Gasteiger charge is 2.28. The lowest BCUT2D eigenvalue weighted by Crippen LogP contribution is -2.27. The van der Waals surface area contributed by atoms with Crippen molar-refractivity contribution in [1.29, 1.82) is 0 Å². The van der Waals surface area contributed by atoms with Crippen LogP contribution in [0.5, 0.6) is 0 Å². The Hall–Kier alpha value is -4.46. The van der Waals surface area contributed by atoms with Gasteiger partial charge in [0.2, 0.25) is 5.78 Å². The van der Waals surface area contributed by atoms with E-state index in [0.717, 1.165) is 5.56 Å². The summed E-state index contributed by atoms with van der Waals surface area (Å²) in [6.07, 6.45) is 5.29. The minimum absolute atomic E-state index is 0.0104. The molecule has 35 heavy (non-hydrogen) atoms. The van der Waals surface area contributed by atoms with Gasteiger partial charge < -0.3 is 19.1 Å². The number of nitrogens with zero attached hydrogens (tertiary/aromatic N) is 1. The van der Waals surface area contributed by atoms with E-state index in [1.54, 1.807) is 42.6 Å². The molecule has 0 fully saturated rings. The fraction of sp³-hybridized carbons (Fsp3) is 0.185. The third-order valence-electron chi connectivity index (χ3n) is 5.26. The number of carbonyl (C=O) groups is 4. The second-order valence-corrected chi connectivity index (χ2v) is 7.64. The molecule has 1 aliphatic heterocycles. The van der Waals surface area contributed by atoms with Gasteiger partial charge in [-0.25, -0.2) is 14.4 Å². The van der Waals surface area contributed by atoms with Gasteiger partial charge in [-0.3, -0.25) is 4.79 Å². The molecular weight excluding hydrogens is 450 g/mol. The van der Waals surface area contributed by atoms with Crippen LogP contribution in [-0.4, -0.2) is 44.0 Å². The zero-order chi connectivity index (χ0) is 25.5. The summed E-state index contributed by atoms with van der Waals surface area (Å²) in [5, 5.41) is 0. The molecule has 2 aromatic rings. The van der Waals surface area contributed by atoms with E-state index in [9.17, 15) is 19.2 Å². The number of rotatable bonds is 7. The van der Waals surface area contributed by atoms with Crippen molar-refractivity contribution in [2.24, 2.45) is 0 Å². The number of aryl methyl sites for hydroxylation is 1.